The molecule has 1 amide bonds. The molecule has 0 unspecified atom stereocenters. The predicted octanol–water partition coefficient (Wildman–Crippen LogP) is 2.26. The van der Waals surface area contributed by atoms with Crippen LogP contribution in [0, 0.1) is 5.82 Å². The van der Waals surface area contributed by atoms with Crippen LogP contribution in [0.2, 0.25) is 0 Å². The minimum Gasteiger partial charge on any atom is -0.449 e. The van der Waals surface area contributed by atoms with Gasteiger partial charge in [-0.05, 0) is 37.3 Å². The van der Waals surface area contributed by atoms with Gasteiger partial charge < -0.3 is 9.64 Å². The number of rotatable bonds is 6. The van der Waals surface area contributed by atoms with E-state index in [1.54, 1.807) is 0 Å². The topological polar surface area (TPSA) is 92.8 Å². The molecule has 0 saturated heterocycles. The summed E-state index contributed by atoms with van der Waals surface area (Å²) >= 11 is 0. The molecule has 1 atom stereocenters. The van der Waals surface area contributed by atoms with E-state index < -0.39 is 33.8 Å². The first-order valence-corrected chi connectivity index (χ1v) is 9.39. The number of carbonyl (C=O) groups excluding carboxylic acids is 2. The van der Waals surface area contributed by atoms with E-state index in [1.165, 1.54) is 62.3 Å². The van der Waals surface area contributed by atoms with Crippen molar-refractivity contribution in [3.05, 3.63) is 59.9 Å². The highest BCUT2D eigenvalue weighted by Gasteiger charge is 2.22. The summed E-state index contributed by atoms with van der Waals surface area (Å²) in [5.74, 6) is -1.98. The molecule has 9 heteroatoms. The molecule has 2 rings (SSSR count). The van der Waals surface area contributed by atoms with Crippen molar-refractivity contribution < 1.29 is 27.1 Å². The maximum atomic E-state index is 13.7. The van der Waals surface area contributed by atoms with Gasteiger partial charge in [-0.3, -0.25) is 9.52 Å². The molecule has 0 aliphatic heterocycles. The molecule has 7 nitrogen and oxygen atoms in total. The Balaban J connectivity index is 2.22. The number of benzene rings is 2. The SMILES string of the molecule is C[C@@H](OC(=O)c1cccc(S(=O)(=O)Nc2ccccc2F)c1)C(=O)N(C)C. The first kappa shape index (κ1) is 20.4. The Morgan fingerprint density at radius 3 is 2.41 bits per heavy atom. The first-order valence-electron chi connectivity index (χ1n) is 7.91. The molecule has 0 heterocycles. The normalized spacial score (nSPS) is 12.1. The smallest absolute Gasteiger partial charge is 0.338 e. The number of esters is 1. The lowest BCUT2D eigenvalue weighted by molar-refractivity contribution is -0.137. The average Bonchev–Trinajstić information content (AvgIpc) is 2.62. The number of carbonyl (C=O) groups is 2. The fraction of sp³-hybridized carbons (Fsp3) is 0.222. The van der Waals surface area contributed by atoms with Gasteiger partial charge in [0.1, 0.15) is 5.82 Å². The van der Waals surface area contributed by atoms with Gasteiger partial charge in [0, 0.05) is 14.1 Å². The number of hydrogen-bond acceptors (Lipinski definition) is 5. The molecule has 0 bridgehead atoms. The van der Waals surface area contributed by atoms with E-state index in [1.807, 2.05) is 0 Å². The molecule has 0 spiro atoms. The second kappa shape index (κ2) is 8.17. The van der Waals surface area contributed by atoms with Crippen LogP contribution in [-0.4, -0.2) is 45.4 Å². The van der Waals surface area contributed by atoms with Crippen LogP contribution in [0.3, 0.4) is 0 Å². The summed E-state index contributed by atoms with van der Waals surface area (Å²) < 4.78 is 45.8. The molecule has 0 aliphatic rings. The second-order valence-corrected chi connectivity index (χ2v) is 7.58. The van der Waals surface area contributed by atoms with Crippen LogP contribution in [0.4, 0.5) is 10.1 Å². The van der Waals surface area contributed by atoms with Crippen LogP contribution in [-0.2, 0) is 19.6 Å². The Labute approximate surface area is 156 Å². The lowest BCUT2D eigenvalue weighted by Crippen LogP contribution is -2.34. The Kier molecular flexibility index (Phi) is 6.17. The van der Waals surface area contributed by atoms with Crippen molar-refractivity contribution in [3.8, 4) is 0 Å². The van der Waals surface area contributed by atoms with Crippen molar-refractivity contribution in [2.45, 2.75) is 17.9 Å². The molecule has 0 aromatic heterocycles. The van der Waals surface area contributed by atoms with Crippen molar-refractivity contribution in [1.29, 1.82) is 0 Å². The largest absolute Gasteiger partial charge is 0.449 e. The van der Waals surface area contributed by atoms with Crippen molar-refractivity contribution in [1.82, 2.24) is 4.90 Å². The molecule has 0 fully saturated rings. The number of hydrogen-bond donors (Lipinski definition) is 1. The van der Waals surface area contributed by atoms with E-state index in [4.69, 9.17) is 4.74 Å². The van der Waals surface area contributed by atoms with Crippen LogP contribution >= 0.6 is 0 Å². The Morgan fingerprint density at radius 2 is 1.78 bits per heavy atom. The van der Waals surface area contributed by atoms with E-state index in [0.29, 0.717) is 0 Å². The van der Waals surface area contributed by atoms with Crippen LogP contribution in [0.25, 0.3) is 0 Å². The fourth-order valence-electron chi connectivity index (χ4n) is 2.18. The number of sulfonamides is 1. The van der Waals surface area contributed by atoms with E-state index >= 15 is 0 Å². The number of para-hydroxylation sites is 1. The second-order valence-electron chi connectivity index (χ2n) is 5.89. The highest BCUT2D eigenvalue weighted by atomic mass is 32.2. The molecule has 2 aromatic rings. The molecular weight excluding hydrogens is 375 g/mol. The summed E-state index contributed by atoms with van der Waals surface area (Å²) in [5.41, 5.74) is -0.263. The van der Waals surface area contributed by atoms with Crippen LogP contribution in [0.1, 0.15) is 17.3 Å². The highest BCUT2D eigenvalue weighted by Crippen LogP contribution is 2.20. The third-order valence-corrected chi connectivity index (χ3v) is 4.93. The van der Waals surface area contributed by atoms with Gasteiger partial charge in [-0.2, -0.15) is 0 Å². The zero-order valence-electron chi connectivity index (χ0n) is 15.0. The van der Waals surface area contributed by atoms with E-state index in [2.05, 4.69) is 4.72 Å². The zero-order valence-corrected chi connectivity index (χ0v) is 15.8. The third kappa shape index (κ3) is 5.04. The molecule has 0 radical (unpaired) electrons. The first-order chi connectivity index (χ1) is 12.6. The van der Waals surface area contributed by atoms with Gasteiger partial charge in [-0.15, -0.1) is 0 Å². The van der Waals surface area contributed by atoms with Gasteiger partial charge in [0.25, 0.3) is 15.9 Å². The van der Waals surface area contributed by atoms with Crippen molar-refractivity contribution in [3.63, 3.8) is 0 Å². The molecule has 144 valence electrons. The standard InChI is InChI=1S/C18H19FN2O5S/c1-12(17(22)21(2)3)26-18(23)13-7-6-8-14(11-13)27(24,25)20-16-10-5-4-9-15(16)19/h4-12,20H,1-3H3/t12-/m1/s1. The van der Waals surface area contributed by atoms with Gasteiger partial charge >= 0.3 is 5.97 Å². The van der Waals surface area contributed by atoms with Gasteiger partial charge in [-0.1, -0.05) is 18.2 Å². The molecular formula is C18H19FN2O5S. The predicted molar refractivity (Wildman–Crippen MR) is 97.2 cm³/mol. The average molecular weight is 394 g/mol. The Morgan fingerprint density at radius 1 is 1.11 bits per heavy atom. The van der Waals surface area contributed by atoms with Crippen LogP contribution in [0.5, 0.6) is 0 Å². The lowest BCUT2D eigenvalue weighted by Gasteiger charge is -2.17. The quantitative estimate of drug-likeness (QED) is 0.759. The maximum absolute atomic E-state index is 13.7. The van der Waals surface area contributed by atoms with Gasteiger partial charge in [0.15, 0.2) is 6.10 Å². The lowest BCUT2D eigenvalue weighted by atomic mass is 10.2. The summed E-state index contributed by atoms with van der Waals surface area (Å²) in [6.07, 6.45) is -1.02. The van der Waals surface area contributed by atoms with Gasteiger partial charge in [-0.25, -0.2) is 17.6 Å². The van der Waals surface area contributed by atoms with E-state index in [0.717, 1.165) is 12.1 Å². The number of nitrogens with one attached hydrogen (secondary N) is 1. The van der Waals surface area contributed by atoms with Crippen LogP contribution < -0.4 is 4.72 Å². The Hall–Kier alpha value is -2.94. The molecule has 0 aliphatic carbocycles. The van der Waals surface area contributed by atoms with Crippen molar-refractivity contribution in [2.24, 2.45) is 0 Å². The summed E-state index contributed by atoms with van der Waals surface area (Å²) in [5, 5.41) is 0. The summed E-state index contributed by atoms with van der Waals surface area (Å²) in [4.78, 5) is 25.0. The maximum Gasteiger partial charge on any atom is 0.338 e. The third-order valence-electron chi connectivity index (χ3n) is 3.57. The minimum absolute atomic E-state index is 0.0511. The number of nitrogens with zero attached hydrogens (tertiary/aromatic N) is 1. The number of halogens is 1. The Bertz CT molecular complexity index is 960. The minimum atomic E-state index is -4.12. The molecule has 27 heavy (non-hydrogen) atoms. The number of ether oxygens (including phenoxy) is 1. The van der Waals surface area contributed by atoms with Crippen LogP contribution in [0.15, 0.2) is 53.4 Å². The van der Waals surface area contributed by atoms with E-state index in [-0.39, 0.29) is 16.1 Å². The fourth-order valence-corrected chi connectivity index (χ4v) is 3.29. The summed E-state index contributed by atoms with van der Waals surface area (Å²) in [6, 6.07) is 10.4. The van der Waals surface area contributed by atoms with Gasteiger partial charge in [0.2, 0.25) is 0 Å². The van der Waals surface area contributed by atoms with Crippen molar-refractivity contribution in [2.75, 3.05) is 18.8 Å². The highest BCUT2D eigenvalue weighted by molar-refractivity contribution is 7.92. The number of likely N-dealkylation sites (N-methyl/N-ethyl adjacent to an activating group) is 1. The zero-order chi connectivity index (χ0) is 20.2. The molecule has 1 N–H and O–H groups in total. The van der Waals surface area contributed by atoms with Crippen molar-refractivity contribution >= 4 is 27.6 Å². The van der Waals surface area contributed by atoms with Gasteiger partial charge in [0.05, 0.1) is 16.1 Å². The summed E-state index contributed by atoms with van der Waals surface area (Å²) in [7, 11) is -1.08. The molecule has 0 saturated carbocycles. The summed E-state index contributed by atoms with van der Waals surface area (Å²) in [6.45, 7) is 1.42. The monoisotopic (exact) mass is 394 g/mol. The number of anilines is 1. The molecule has 2 aromatic carbocycles. The number of amides is 1. The van der Waals surface area contributed by atoms with E-state index in [9.17, 15) is 22.4 Å².